The van der Waals surface area contributed by atoms with E-state index in [2.05, 4.69) is 10.5 Å². The number of carbonyl (C=O) groups is 1. The number of nitrogens with one attached hydrogen (secondary N) is 1. The van der Waals surface area contributed by atoms with Crippen LogP contribution in [0.1, 0.15) is 11.1 Å². The molecule has 0 fully saturated rings. The SMILES string of the molecule is O=C(Cc1ccc(Cl)cc1)N/N=C\c1cccc(O)c1. The Labute approximate surface area is 121 Å². The lowest BCUT2D eigenvalue weighted by Crippen LogP contribution is -2.19. The molecule has 0 saturated heterocycles. The van der Waals surface area contributed by atoms with E-state index >= 15 is 0 Å². The van der Waals surface area contributed by atoms with Gasteiger partial charge in [-0.1, -0.05) is 35.9 Å². The minimum atomic E-state index is -0.219. The van der Waals surface area contributed by atoms with Crippen molar-refractivity contribution < 1.29 is 9.90 Å². The van der Waals surface area contributed by atoms with Crippen LogP contribution in [0.2, 0.25) is 5.02 Å². The molecule has 2 aromatic rings. The third-order valence-corrected chi connectivity index (χ3v) is 2.80. The molecule has 0 atom stereocenters. The highest BCUT2D eigenvalue weighted by Crippen LogP contribution is 2.10. The number of aromatic hydroxyl groups is 1. The number of amides is 1. The Morgan fingerprint density at radius 1 is 1.25 bits per heavy atom. The number of halogens is 1. The molecule has 2 aromatic carbocycles. The summed E-state index contributed by atoms with van der Waals surface area (Å²) in [6.45, 7) is 0. The average Bonchev–Trinajstić information content (AvgIpc) is 2.41. The molecule has 0 radical (unpaired) electrons. The normalized spacial score (nSPS) is 10.7. The zero-order chi connectivity index (χ0) is 14.4. The zero-order valence-corrected chi connectivity index (χ0v) is 11.3. The van der Waals surface area contributed by atoms with Crippen molar-refractivity contribution in [2.24, 2.45) is 5.10 Å². The molecule has 0 saturated carbocycles. The van der Waals surface area contributed by atoms with Crippen molar-refractivity contribution in [1.82, 2.24) is 5.43 Å². The van der Waals surface area contributed by atoms with Gasteiger partial charge in [-0.15, -0.1) is 0 Å². The highest BCUT2D eigenvalue weighted by molar-refractivity contribution is 6.30. The number of phenolic OH excluding ortho intramolecular Hbond substituents is 1. The van der Waals surface area contributed by atoms with Crippen LogP contribution in [0.15, 0.2) is 53.6 Å². The van der Waals surface area contributed by atoms with Crippen molar-refractivity contribution in [3.63, 3.8) is 0 Å². The topological polar surface area (TPSA) is 61.7 Å². The third kappa shape index (κ3) is 4.40. The maximum Gasteiger partial charge on any atom is 0.244 e. The van der Waals surface area contributed by atoms with E-state index in [1.54, 1.807) is 48.5 Å². The number of phenols is 1. The molecule has 0 aliphatic heterocycles. The molecule has 1 amide bonds. The Hall–Kier alpha value is -2.33. The van der Waals surface area contributed by atoms with Crippen molar-refractivity contribution >= 4 is 23.7 Å². The van der Waals surface area contributed by atoms with Crippen molar-refractivity contribution in [3.8, 4) is 5.75 Å². The maximum absolute atomic E-state index is 11.6. The molecule has 5 heteroatoms. The van der Waals surface area contributed by atoms with E-state index in [0.29, 0.717) is 10.6 Å². The summed E-state index contributed by atoms with van der Waals surface area (Å²) >= 11 is 5.77. The highest BCUT2D eigenvalue weighted by Gasteiger charge is 2.01. The molecule has 102 valence electrons. The summed E-state index contributed by atoms with van der Waals surface area (Å²) in [4.78, 5) is 11.6. The quantitative estimate of drug-likeness (QED) is 0.671. The van der Waals surface area contributed by atoms with Crippen LogP contribution in [0.3, 0.4) is 0 Å². The van der Waals surface area contributed by atoms with Gasteiger partial charge in [0.2, 0.25) is 5.91 Å². The van der Waals surface area contributed by atoms with Crippen molar-refractivity contribution in [1.29, 1.82) is 0 Å². The van der Waals surface area contributed by atoms with E-state index in [9.17, 15) is 9.90 Å². The number of hydrogen-bond donors (Lipinski definition) is 2. The predicted molar refractivity (Wildman–Crippen MR) is 79.0 cm³/mol. The molecule has 0 unspecified atom stereocenters. The lowest BCUT2D eigenvalue weighted by Gasteiger charge is -2.00. The first-order chi connectivity index (χ1) is 9.63. The number of carbonyl (C=O) groups excluding carboxylic acids is 1. The van der Waals surface area contributed by atoms with Gasteiger partial charge in [0.1, 0.15) is 5.75 Å². The van der Waals surface area contributed by atoms with Gasteiger partial charge in [0.15, 0.2) is 0 Å². The Morgan fingerprint density at radius 3 is 2.70 bits per heavy atom. The average molecular weight is 289 g/mol. The maximum atomic E-state index is 11.6. The van der Waals surface area contributed by atoms with E-state index in [0.717, 1.165) is 5.56 Å². The smallest absolute Gasteiger partial charge is 0.244 e. The molecule has 2 N–H and O–H groups in total. The summed E-state index contributed by atoms with van der Waals surface area (Å²) < 4.78 is 0. The lowest BCUT2D eigenvalue weighted by molar-refractivity contribution is -0.120. The summed E-state index contributed by atoms with van der Waals surface area (Å²) in [5, 5.41) is 13.7. The van der Waals surface area contributed by atoms with Gasteiger partial charge in [-0.25, -0.2) is 5.43 Å². The first kappa shape index (κ1) is 14.1. The fraction of sp³-hybridized carbons (Fsp3) is 0.0667. The molecular formula is C15H13ClN2O2. The van der Waals surface area contributed by atoms with Crippen LogP contribution < -0.4 is 5.43 Å². The fourth-order valence-corrected chi connectivity index (χ4v) is 1.74. The Bertz CT molecular complexity index is 624. The van der Waals surface area contributed by atoms with Crippen LogP contribution in [0.4, 0.5) is 0 Å². The van der Waals surface area contributed by atoms with Crippen LogP contribution in [-0.4, -0.2) is 17.2 Å². The van der Waals surface area contributed by atoms with Crippen molar-refractivity contribution in [3.05, 3.63) is 64.7 Å². The van der Waals surface area contributed by atoms with E-state index in [-0.39, 0.29) is 18.1 Å². The van der Waals surface area contributed by atoms with Crippen LogP contribution in [0.25, 0.3) is 0 Å². The van der Waals surface area contributed by atoms with E-state index < -0.39 is 0 Å². The number of hydrogen-bond acceptors (Lipinski definition) is 3. The van der Waals surface area contributed by atoms with Gasteiger partial charge in [0.05, 0.1) is 12.6 Å². The number of nitrogens with zero attached hydrogens (tertiary/aromatic N) is 1. The van der Waals surface area contributed by atoms with Crippen LogP contribution in [-0.2, 0) is 11.2 Å². The van der Waals surface area contributed by atoms with Crippen LogP contribution in [0.5, 0.6) is 5.75 Å². The van der Waals surface area contributed by atoms with Gasteiger partial charge < -0.3 is 5.11 Å². The summed E-state index contributed by atoms with van der Waals surface area (Å²) in [7, 11) is 0. The fourth-order valence-electron chi connectivity index (χ4n) is 1.61. The molecule has 4 nitrogen and oxygen atoms in total. The molecule has 0 aliphatic rings. The highest BCUT2D eigenvalue weighted by atomic mass is 35.5. The molecular weight excluding hydrogens is 276 g/mol. The monoisotopic (exact) mass is 288 g/mol. The van der Waals surface area contributed by atoms with Gasteiger partial charge in [-0.3, -0.25) is 4.79 Å². The second-order valence-electron chi connectivity index (χ2n) is 4.19. The second-order valence-corrected chi connectivity index (χ2v) is 4.63. The molecule has 0 heterocycles. The van der Waals surface area contributed by atoms with E-state index in [1.165, 1.54) is 6.21 Å². The van der Waals surface area contributed by atoms with Gasteiger partial charge in [-0.05, 0) is 35.4 Å². The van der Waals surface area contributed by atoms with E-state index in [1.807, 2.05) is 0 Å². The van der Waals surface area contributed by atoms with Crippen LogP contribution >= 0.6 is 11.6 Å². The number of rotatable bonds is 4. The molecule has 0 aromatic heterocycles. The Balaban J connectivity index is 1.87. The molecule has 2 rings (SSSR count). The Kier molecular flexibility index (Phi) is 4.74. The predicted octanol–water partition coefficient (Wildman–Crippen LogP) is 2.74. The summed E-state index contributed by atoms with van der Waals surface area (Å²) in [6, 6.07) is 13.6. The van der Waals surface area contributed by atoms with Crippen molar-refractivity contribution in [2.45, 2.75) is 6.42 Å². The van der Waals surface area contributed by atoms with E-state index in [4.69, 9.17) is 11.6 Å². The first-order valence-electron chi connectivity index (χ1n) is 5.99. The number of hydrazone groups is 1. The minimum absolute atomic E-state index is 0.154. The van der Waals surface area contributed by atoms with Gasteiger partial charge in [0.25, 0.3) is 0 Å². The van der Waals surface area contributed by atoms with Gasteiger partial charge in [-0.2, -0.15) is 5.10 Å². The second kappa shape index (κ2) is 6.73. The largest absolute Gasteiger partial charge is 0.508 e. The first-order valence-corrected chi connectivity index (χ1v) is 6.36. The van der Waals surface area contributed by atoms with Gasteiger partial charge >= 0.3 is 0 Å². The zero-order valence-electron chi connectivity index (χ0n) is 10.6. The Morgan fingerprint density at radius 2 is 2.00 bits per heavy atom. The molecule has 0 bridgehead atoms. The summed E-state index contributed by atoms with van der Waals surface area (Å²) in [6.07, 6.45) is 1.70. The van der Waals surface area contributed by atoms with Gasteiger partial charge in [0, 0.05) is 5.02 Å². The summed E-state index contributed by atoms with van der Waals surface area (Å²) in [5.41, 5.74) is 4.00. The number of benzene rings is 2. The third-order valence-electron chi connectivity index (χ3n) is 2.55. The molecule has 0 spiro atoms. The standard InChI is InChI=1S/C15H13ClN2O2/c16-13-6-4-11(5-7-13)9-15(20)18-17-10-12-2-1-3-14(19)8-12/h1-8,10,19H,9H2,(H,18,20)/b17-10-. The minimum Gasteiger partial charge on any atom is -0.508 e. The van der Waals surface area contributed by atoms with Crippen LogP contribution in [0, 0.1) is 0 Å². The summed E-state index contributed by atoms with van der Waals surface area (Å²) in [5.74, 6) is -0.0647. The molecule has 20 heavy (non-hydrogen) atoms. The lowest BCUT2D eigenvalue weighted by atomic mass is 10.1. The van der Waals surface area contributed by atoms with Crippen molar-refractivity contribution in [2.75, 3.05) is 0 Å². The molecule has 0 aliphatic carbocycles.